The highest BCUT2D eigenvalue weighted by Gasteiger charge is 2.38. The van der Waals surface area contributed by atoms with Crippen molar-refractivity contribution < 1.29 is 14.7 Å². The second kappa shape index (κ2) is 8.44. The van der Waals surface area contributed by atoms with E-state index in [1.165, 1.54) is 0 Å². The first-order valence-corrected chi connectivity index (χ1v) is 9.32. The molecule has 27 heavy (non-hydrogen) atoms. The van der Waals surface area contributed by atoms with Gasteiger partial charge in [0.25, 0.3) is 0 Å². The van der Waals surface area contributed by atoms with E-state index < -0.39 is 0 Å². The molecule has 2 aromatic rings. The number of ether oxygens (including phenoxy) is 2. The summed E-state index contributed by atoms with van der Waals surface area (Å²) >= 11 is 0. The van der Waals surface area contributed by atoms with Crippen LogP contribution in [0.1, 0.15) is 43.5 Å². The zero-order chi connectivity index (χ0) is 19.4. The summed E-state index contributed by atoms with van der Waals surface area (Å²) in [5, 5.41) is 17.2. The Bertz CT molecular complexity index is 769. The van der Waals surface area contributed by atoms with Crippen molar-refractivity contribution in [2.75, 3.05) is 14.2 Å². The van der Waals surface area contributed by atoms with Gasteiger partial charge in [0.05, 0.1) is 19.9 Å². The van der Waals surface area contributed by atoms with Gasteiger partial charge in [0, 0.05) is 24.4 Å². The molecule has 3 atom stereocenters. The third-order valence-corrected chi connectivity index (χ3v) is 5.38. The number of hydrogen-bond donors (Lipinski definition) is 2. The molecule has 0 bridgehead atoms. The van der Waals surface area contributed by atoms with Crippen LogP contribution in [-0.2, 0) is 0 Å². The van der Waals surface area contributed by atoms with Crippen molar-refractivity contribution in [2.24, 2.45) is 17.0 Å². The third kappa shape index (κ3) is 4.08. The van der Waals surface area contributed by atoms with Crippen LogP contribution in [0.15, 0.2) is 53.7 Å². The minimum atomic E-state index is 0.0580. The van der Waals surface area contributed by atoms with Gasteiger partial charge < -0.3 is 20.0 Å². The molecular formula is C22H28N2O3. The fraction of sp³-hybridized carbons (Fsp3) is 0.409. The molecule has 0 spiro atoms. The lowest BCUT2D eigenvalue weighted by Crippen LogP contribution is -2.44. The highest BCUT2D eigenvalue weighted by atomic mass is 16.5. The fourth-order valence-electron chi connectivity index (χ4n) is 3.96. The number of hydrogen-bond acceptors (Lipinski definition) is 5. The molecule has 1 saturated heterocycles. The van der Waals surface area contributed by atoms with Gasteiger partial charge in [-0.3, -0.25) is 0 Å². The smallest absolute Gasteiger partial charge is 0.118 e. The number of nitrogens with one attached hydrogen (secondary N) is 1. The van der Waals surface area contributed by atoms with E-state index in [4.69, 9.17) is 9.47 Å². The van der Waals surface area contributed by atoms with E-state index in [9.17, 15) is 5.21 Å². The summed E-state index contributed by atoms with van der Waals surface area (Å²) in [4.78, 5) is 0. The molecule has 1 aliphatic heterocycles. The topological polar surface area (TPSA) is 63.1 Å². The van der Waals surface area contributed by atoms with Crippen molar-refractivity contribution in [3.8, 4) is 11.5 Å². The average Bonchev–Trinajstić information content (AvgIpc) is 2.72. The van der Waals surface area contributed by atoms with Crippen LogP contribution < -0.4 is 14.8 Å². The highest BCUT2D eigenvalue weighted by Crippen LogP contribution is 2.39. The van der Waals surface area contributed by atoms with Gasteiger partial charge in [-0.15, -0.1) is 0 Å². The van der Waals surface area contributed by atoms with E-state index in [1.807, 2.05) is 24.3 Å². The van der Waals surface area contributed by atoms with Gasteiger partial charge in [-0.05, 0) is 41.3 Å². The van der Waals surface area contributed by atoms with Crippen molar-refractivity contribution in [3.05, 3.63) is 59.7 Å². The lowest BCUT2D eigenvalue weighted by Gasteiger charge is -2.40. The normalized spacial score (nSPS) is 24.2. The SMILES string of the molecule is COc1ccc([C@@H]2CC(=NO)[C@@H](C(C)C)[C@@H](c3ccc(OC)cc3)N2)cc1. The molecule has 2 aromatic carbocycles. The second-order valence-electron chi connectivity index (χ2n) is 7.31. The summed E-state index contributed by atoms with van der Waals surface area (Å²) in [5.41, 5.74) is 3.15. The summed E-state index contributed by atoms with van der Waals surface area (Å²) in [6, 6.07) is 16.3. The molecule has 144 valence electrons. The number of rotatable bonds is 5. The maximum atomic E-state index is 9.72. The van der Waals surface area contributed by atoms with Crippen LogP contribution in [0.5, 0.6) is 11.5 Å². The van der Waals surface area contributed by atoms with Crippen molar-refractivity contribution in [2.45, 2.75) is 32.4 Å². The minimum absolute atomic E-state index is 0.0580. The van der Waals surface area contributed by atoms with Crippen LogP contribution in [0, 0.1) is 11.8 Å². The molecule has 5 nitrogen and oxygen atoms in total. The molecule has 0 aromatic heterocycles. The van der Waals surface area contributed by atoms with Crippen LogP contribution in [0.25, 0.3) is 0 Å². The number of piperidine rings is 1. The molecule has 0 aliphatic carbocycles. The monoisotopic (exact) mass is 368 g/mol. The van der Waals surface area contributed by atoms with E-state index >= 15 is 0 Å². The van der Waals surface area contributed by atoms with Crippen LogP contribution in [0.3, 0.4) is 0 Å². The van der Waals surface area contributed by atoms with Crippen molar-refractivity contribution in [3.63, 3.8) is 0 Å². The number of nitrogens with zero attached hydrogens (tertiary/aromatic N) is 1. The molecule has 1 fully saturated rings. The van der Waals surface area contributed by atoms with Crippen LogP contribution in [0.4, 0.5) is 0 Å². The maximum Gasteiger partial charge on any atom is 0.118 e. The van der Waals surface area contributed by atoms with Gasteiger partial charge >= 0.3 is 0 Å². The number of benzene rings is 2. The summed E-state index contributed by atoms with van der Waals surface area (Å²) in [6.45, 7) is 4.34. The summed E-state index contributed by atoms with van der Waals surface area (Å²) < 4.78 is 10.6. The largest absolute Gasteiger partial charge is 0.497 e. The Kier molecular flexibility index (Phi) is 6.01. The van der Waals surface area contributed by atoms with Gasteiger partial charge in [0.2, 0.25) is 0 Å². The molecule has 2 N–H and O–H groups in total. The van der Waals surface area contributed by atoms with Gasteiger partial charge in [-0.25, -0.2) is 0 Å². The van der Waals surface area contributed by atoms with E-state index in [2.05, 4.69) is 48.6 Å². The Morgan fingerprint density at radius 3 is 1.89 bits per heavy atom. The molecule has 5 heteroatoms. The van der Waals surface area contributed by atoms with E-state index in [0.29, 0.717) is 12.3 Å². The van der Waals surface area contributed by atoms with E-state index in [0.717, 1.165) is 28.3 Å². The zero-order valence-corrected chi connectivity index (χ0v) is 16.3. The molecule has 3 rings (SSSR count). The predicted octanol–water partition coefficient (Wildman–Crippen LogP) is 4.58. The Hall–Kier alpha value is -2.53. The fourth-order valence-corrected chi connectivity index (χ4v) is 3.96. The molecule has 0 saturated carbocycles. The van der Waals surface area contributed by atoms with Gasteiger partial charge in [0.1, 0.15) is 11.5 Å². The van der Waals surface area contributed by atoms with E-state index in [-0.39, 0.29) is 18.0 Å². The van der Waals surface area contributed by atoms with Crippen LogP contribution in [-0.4, -0.2) is 25.1 Å². The Balaban J connectivity index is 1.95. The number of methoxy groups -OCH3 is 2. The Morgan fingerprint density at radius 2 is 1.44 bits per heavy atom. The van der Waals surface area contributed by atoms with Crippen molar-refractivity contribution in [1.82, 2.24) is 5.32 Å². The first-order valence-electron chi connectivity index (χ1n) is 9.32. The average molecular weight is 368 g/mol. The van der Waals surface area contributed by atoms with E-state index in [1.54, 1.807) is 14.2 Å². The molecular weight excluding hydrogens is 340 g/mol. The van der Waals surface area contributed by atoms with Gasteiger partial charge in [-0.2, -0.15) is 0 Å². The Morgan fingerprint density at radius 1 is 0.926 bits per heavy atom. The molecule has 0 unspecified atom stereocenters. The molecule has 0 amide bonds. The molecule has 1 aliphatic rings. The van der Waals surface area contributed by atoms with Crippen LogP contribution >= 0.6 is 0 Å². The lowest BCUT2D eigenvalue weighted by atomic mass is 9.75. The molecule has 1 heterocycles. The second-order valence-corrected chi connectivity index (χ2v) is 7.31. The summed E-state index contributed by atoms with van der Waals surface area (Å²) in [6.07, 6.45) is 0.679. The minimum Gasteiger partial charge on any atom is -0.497 e. The summed E-state index contributed by atoms with van der Waals surface area (Å²) in [7, 11) is 3.33. The van der Waals surface area contributed by atoms with Crippen LogP contribution in [0.2, 0.25) is 0 Å². The van der Waals surface area contributed by atoms with Crippen molar-refractivity contribution in [1.29, 1.82) is 0 Å². The number of oxime groups is 1. The van der Waals surface area contributed by atoms with Gasteiger partial charge in [0.15, 0.2) is 0 Å². The zero-order valence-electron chi connectivity index (χ0n) is 16.3. The quantitative estimate of drug-likeness (QED) is 0.599. The maximum absolute atomic E-state index is 9.72. The third-order valence-electron chi connectivity index (χ3n) is 5.38. The van der Waals surface area contributed by atoms with Crippen molar-refractivity contribution >= 4 is 5.71 Å². The first kappa shape index (κ1) is 19.2. The predicted molar refractivity (Wildman–Crippen MR) is 107 cm³/mol. The molecule has 0 radical (unpaired) electrons. The highest BCUT2D eigenvalue weighted by molar-refractivity contribution is 5.89. The lowest BCUT2D eigenvalue weighted by molar-refractivity contribution is 0.263. The summed E-state index contributed by atoms with van der Waals surface area (Å²) in [5.74, 6) is 2.13. The Labute approximate surface area is 161 Å². The standard InChI is InChI=1S/C22H28N2O3/c1-14(2)21-20(24-25)13-19(15-5-9-17(26-3)10-6-15)23-22(21)16-7-11-18(27-4)12-8-16/h5-12,14,19,21-23,25H,13H2,1-4H3/t19-,21+,22+/m0/s1. The first-order chi connectivity index (χ1) is 13.1. The van der Waals surface area contributed by atoms with Gasteiger partial charge in [-0.1, -0.05) is 43.3 Å².